The smallest absolute Gasteiger partial charge is 0.315 e. The van der Waals surface area contributed by atoms with E-state index in [4.69, 9.17) is 9.57 Å². The Labute approximate surface area is 168 Å². The Hall–Kier alpha value is -1.48. The van der Waals surface area contributed by atoms with Crippen molar-refractivity contribution in [2.45, 2.75) is 52.0 Å². The second-order valence-electron chi connectivity index (χ2n) is 8.60. The van der Waals surface area contributed by atoms with Crippen LogP contribution < -0.4 is 5.48 Å². The van der Waals surface area contributed by atoms with E-state index in [1.54, 1.807) is 31.2 Å². The fourth-order valence-corrected chi connectivity index (χ4v) is 5.41. The van der Waals surface area contributed by atoms with Crippen LogP contribution in [0.3, 0.4) is 0 Å². The van der Waals surface area contributed by atoms with Crippen LogP contribution in [0.2, 0.25) is 0 Å². The number of nitrogens with one attached hydrogen (secondary N) is 1. The number of carbonyl (C=O) groups is 1. The molecule has 1 aromatic carbocycles. The molecule has 2 atom stereocenters. The zero-order valence-corrected chi connectivity index (χ0v) is 18.4. The first-order valence-electron chi connectivity index (χ1n) is 9.49. The van der Waals surface area contributed by atoms with E-state index >= 15 is 0 Å². The van der Waals surface area contributed by atoms with Gasteiger partial charge < -0.3 is 9.57 Å². The minimum Gasteiger partial charge on any atom is -0.465 e. The van der Waals surface area contributed by atoms with Gasteiger partial charge in [-0.2, -0.15) is 9.79 Å². The Balaban J connectivity index is 2.47. The molecule has 1 heterocycles. The SMILES string of the molecule is CCOC(=O)C1(CC(C)(C)C)CN(S(=O)(=O)c2ccc(C)cc2)CC1NOC. The summed E-state index contributed by atoms with van der Waals surface area (Å²) in [5.41, 5.74) is 2.57. The third-order valence-electron chi connectivity index (χ3n) is 4.96. The summed E-state index contributed by atoms with van der Waals surface area (Å²) in [4.78, 5) is 18.4. The molecule has 158 valence electrons. The first-order chi connectivity index (χ1) is 13.0. The molecular weight excluding hydrogens is 380 g/mol. The van der Waals surface area contributed by atoms with E-state index in [9.17, 15) is 13.2 Å². The number of rotatable bonds is 7. The largest absolute Gasteiger partial charge is 0.465 e. The van der Waals surface area contributed by atoms with Gasteiger partial charge in [0.05, 0.1) is 24.7 Å². The van der Waals surface area contributed by atoms with Gasteiger partial charge in [-0.3, -0.25) is 4.79 Å². The maximum atomic E-state index is 13.2. The van der Waals surface area contributed by atoms with E-state index in [0.717, 1.165) is 5.56 Å². The summed E-state index contributed by atoms with van der Waals surface area (Å²) in [6, 6.07) is 6.20. The second kappa shape index (κ2) is 8.49. The van der Waals surface area contributed by atoms with Gasteiger partial charge in [-0.05, 0) is 37.8 Å². The molecule has 1 aliphatic heterocycles. The predicted molar refractivity (Wildman–Crippen MR) is 107 cm³/mol. The Kier molecular flexibility index (Phi) is 6.91. The van der Waals surface area contributed by atoms with Crippen LogP contribution in [0.15, 0.2) is 29.2 Å². The number of aryl methyl sites for hydroxylation is 1. The molecule has 0 aromatic heterocycles. The molecule has 8 heteroatoms. The molecular formula is C20H32N2O5S. The van der Waals surface area contributed by atoms with Crippen molar-refractivity contribution >= 4 is 16.0 Å². The molecule has 0 amide bonds. The first kappa shape index (κ1) is 22.8. The maximum absolute atomic E-state index is 13.2. The molecule has 1 saturated heterocycles. The van der Waals surface area contributed by atoms with Crippen molar-refractivity contribution < 1.29 is 22.8 Å². The number of nitrogens with zero attached hydrogens (tertiary/aromatic N) is 1. The highest BCUT2D eigenvalue weighted by molar-refractivity contribution is 7.89. The standard InChI is InChI=1S/C20H32N2O5S/c1-7-27-18(23)20(13-19(3,4)5)14-22(12-17(20)21-26-6)28(24,25)16-10-8-15(2)9-11-16/h8-11,17,21H,7,12-14H2,1-6H3. The van der Waals surface area contributed by atoms with Gasteiger partial charge in [-0.25, -0.2) is 8.42 Å². The molecule has 2 unspecified atom stereocenters. The maximum Gasteiger partial charge on any atom is 0.315 e. The number of esters is 1. The summed E-state index contributed by atoms with van der Waals surface area (Å²) in [5.74, 6) is -0.402. The molecule has 1 aromatic rings. The van der Waals surface area contributed by atoms with Crippen LogP contribution in [0.25, 0.3) is 0 Å². The van der Waals surface area contributed by atoms with Gasteiger partial charge in [0, 0.05) is 13.1 Å². The number of benzene rings is 1. The van der Waals surface area contributed by atoms with Crippen molar-refractivity contribution in [3.05, 3.63) is 29.8 Å². The summed E-state index contributed by atoms with van der Waals surface area (Å²) in [6.07, 6.45) is 0.458. The number of ether oxygens (including phenoxy) is 1. The lowest BCUT2D eigenvalue weighted by atomic mass is 9.71. The highest BCUT2D eigenvalue weighted by atomic mass is 32.2. The summed E-state index contributed by atoms with van der Waals surface area (Å²) in [5, 5.41) is 0. The highest BCUT2D eigenvalue weighted by Gasteiger charge is 2.57. The lowest BCUT2D eigenvalue weighted by Crippen LogP contribution is -2.51. The number of sulfonamides is 1. The molecule has 0 spiro atoms. The van der Waals surface area contributed by atoms with Crippen LogP contribution in [0.5, 0.6) is 0 Å². The Morgan fingerprint density at radius 3 is 2.39 bits per heavy atom. The molecule has 2 rings (SSSR count). The fourth-order valence-electron chi connectivity index (χ4n) is 3.88. The van der Waals surface area contributed by atoms with Gasteiger partial charge in [0.1, 0.15) is 5.41 Å². The number of hydroxylamine groups is 1. The third-order valence-corrected chi connectivity index (χ3v) is 6.78. The molecule has 0 aliphatic carbocycles. The number of hydrogen-bond acceptors (Lipinski definition) is 6. The summed E-state index contributed by atoms with van der Waals surface area (Å²) < 4.78 is 33.2. The van der Waals surface area contributed by atoms with Crippen molar-refractivity contribution in [2.24, 2.45) is 10.8 Å². The number of carbonyl (C=O) groups excluding carboxylic acids is 1. The molecule has 1 aliphatic rings. The molecule has 28 heavy (non-hydrogen) atoms. The fraction of sp³-hybridized carbons (Fsp3) is 0.650. The van der Waals surface area contributed by atoms with Gasteiger partial charge >= 0.3 is 5.97 Å². The second-order valence-corrected chi connectivity index (χ2v) is 10.5. The quantitative estimate of drug-likeness (QED) is 0.547. The number of hydrogen-bond donors (Lipinski definition) is 1. The highest BCUT2D eigenvalue weighted by Crippen LogP contribution is 2.44. The van der Waals surface area contributed by atoms with Crippen LogP contribution in [-0.2, 0) is 24.4 Å². The lowest BCUT2D eigenvalue weighted by molar-refractivity contribution is -0.160. The molecule has 0 radical (unpaired) electrons. The Morgan fingerprint density at radius 2 is 1.89 bits per heavy atom. The monoisotopic (exact) mass is 412 g/mol. The Morgan fingerprint density at radius 1 is 1.29 bits per heavy atom. The van der Waals surface area contributed by atoms with Crippen LogP contribution in [0.1, 0.15) is 39.7 Å². The first-order valence-corrected chi connectivity index (χ1v) is 10.9. The minimum atomic E-state index is -3.75. The van der Waals surface area contributed by atoms with E-state index < -0.39 is 27.4 Å². The van der Waals surface area contributed by atoms with Crippen molar-refractivity contribution in [1.82, 2.24) is 9.79 Å². The van der Waals surface area contributed by atoms with Crippen molar-refractivity contribution in [3.63, 3.8) is 0 Å². The van der Waals surface area contributed by atoms with Crippen molar-refractivity contribution in [3.8, 4) is 0 Å². The van der Waals surface area contributed by atoms with Gasteiger partial charge in [0.15, 0.2) is 0 Å². The minimum absolute atomic E-state index is 0.0420. The van der Waals surface area contributed by atoms with E-state index in [1.807, 2.05) is 27.7 Å². The normalized spacial score (nSPS) is 23.7. The third kappa shape index (κ3) is 4.74. The zero-order chi connectivity index (χ0) is 21.2. The molecule has 0 saturated carbocycles. The van der Waals surface area contributed by atoms with E-state index in [-0.39, 0.29) is 30.0 Å². The van der Waals surface area contributed by atoms with Crippen LogP contribution >= 0.6 is 0 Å². The average molecular weight is 413 g/mol. The summed E-state index contributed by atoms with van der Waals surface area (Å²) in [7, 11) is -2.29. The molecule has 7 nitrogen and oxygen atoms in total. The average Bonchev–Trinajstić information content (AvgIpc) is 2.94. The topological polar surface area (TPSA) is 84.9 Å². The molecule has 1 N–H and O–H groups in total. The van der Waals surface area contributed by atoms with E-state index in [2.05, 4.69) is 5.48 Å². The molecule has 0 bridgehead atoms. The van der Waals surface area contributed by atoms with Crippen molar-refractivity contribution in [1.29, 1.82) is 0 Å². The molecule has 1 fully saturated rings. The van der Waals surface area contributed by atoms with Crippen LogP contribution in [0, 0.1) is 17.8 Å². The van der Waals surface area contributed by atoms with Crippen molar-refractivity contribution in [2.75, 3.05) is 26.8 Å². The van der Waals surface area contributed by atoms with Gasteiger partial charge in [-0.1, -0.05) is 38.5 Å². The van der Waals surface area contributed by atoms with E-state index in [1.165, 1.54) is 11.4 Å². The summed E-state index contributed by atoms with van der Waals surface area (Å²) in [6.45, 7) is 10.1. The Bertz CT molecular complexity index is 786. The van der Waals surface area contributed by atoms with Crippen LogP contribution in [-0.4, -0.2) is 51.5 Å². The summed E-state index contributed by atoms with van der Waals surface area (Å²) >= 11 is 0. The van der Waals surface area contributed by atoms with Gasteiger partial charge in [0.2, 0.25) is 10.0 Å². The van der Waals surface area contributed by atoms with Gasteiger partial charge in [-0.15, -0.1) is 0 Å². The van der Waals surface area contributed by atoms with Gasteiger partial charge in [0.25, 0.3) is 0 Å². The zero-order valence-electron chi connectivity index (χ0n) is 17.6. The van der Waals surface area contributed by atoms with Crippen LogP contribution in [0.4, 0.5) is 0 Å². The lowest BCUT2D eigenvalue weighted by Gasteiger charge is -2.37. The predicted octanol–water partition coefficient (Wildman–Crippen LogP) is 2.50. The van der Waals surface area contributed by atoms with E-state index in [0.29, 0.717) is 6.42 Å².